The van der Waals surface area contributed by atoms with Gasteiger partial charge in [-0.3, -0.25) is 4.79 Å². The Morgan fingerprint density at radius 2 is 2.33 bits per heavy atom. The number of hydrogen-bond acceptors (Lipinski definition) is 4. The van der Waals surface area contributed by atoms with Crippen molar-refractivity contribution in [3.63, 3.8) is 0 Å². The number of nitrogens with one attached hydrogen (secondary N) is 1. The lowest BCUT2D eigenvalue weighted by atomic mass is 10.1. The van der Waals surface area contributed by atoms with Crippen LogP contribution in [0, 0.1) is 6.92 Å². The van der Waals surface area contributed by atoms with E-state index in [4.69, 9.17) is 16.7 Å². The third kappa shape index (κ3) is 4.48. The van der Waals surface area contributed by atoms with E-state index in [1.54, 1.807) is 30.8 Å². The van der Waals surface area contributed by atoms with Gasteiger partial charge in [-0.2, -0.15) is 11.8 Å². The average Bonchev–Trinajstić information content (AvgIpc) is 2.29. The first-order chi connectivity index (χ1) is 8.58. The zero-order chi connectivity index (χ0) is 13.5. The quantitative estimate of drug-likeness (QED) is 0.785. The average molecular weight is 289 g/mol. The second kappa shape index (κ2) is 7.61. The maximum atomic E-state index is 12.1. The number of hydrogen-bond donors (Lipinski definition) is 2. The van der Waals surface area contributed by atoms with Crippen LogP contribution in [0.4, 0.5) is 0 Å². The summed E-state index contributed by atoms with van der Waals surface area (Å²) in [6.07, 6.45) is 2.51. The number of rotatable bonds is 6. The minimum Gasteiger partial charge on any atom is -0.396 e. The van der Waals surface area contributed by atoms with Crippen LogP contribution in [-0.2, 0) is 0 Å². The summed E-state index contributed by atoms with van der Waals surface area (Å²) in [4.78, 5) is 16.1. The number of aliphatic hydroxyl groups excluding tert-OH is 1. The van der Waals surface area contributed by atoms with Gasteiger partial charge in [-0.1, -0.05) is 11.6 Å². The molecule has 1 amide bonds. The van der Waals surface area contributed by atoms with Crippen molar-refractivity contribution >= 4 is 29.3 Å². The van der Waals surface area contributed by atoms with Crippen molar-refractivity contribution in [1.82, 2.24) is 10.3 Å². The molecule has 0 aliphatic heterocycles. The van der Waals surface area contributed by atoms with E-state index in [2.05, 4.69) is 10.3 Å². The first kappa shape index (κ1) is 15.3. The third-order valence-electron chi connectivity index (χ3n) is 2.48. The molecule has 1 aromatic rings. The molecule has 18 heavy (non-hydrogen) atoms. The second-order valence-corrected chi connectivity index (χ2v) is 5.20. The van der Waals surface area contributed by atoms with Gasteiger partial charge in [-0.15, -0.1) is 0 Å². The van der Waals surface area contributed by atoms with Crippen LogP contribution >= 0.6 is 23.4 Å². The van der Waals surface area contributed by atoms with Crippen LogP contribution in [0.5, 0.6) is 0 Å². The lowest BCUT2D eigenvalue weighted by Gasteiger charge is -2.17. The number of carbonyl (C=O) groups excluding carboxylic acids is 1. The molecule has 0 saturated heterocycles. The maximum absolute atomic E-state index is 12.1. The maximum Gasteiger partial charge on any atom is 0.253 e. The Bertz CT molecular complexity index is 409. The molecule has 0 radical (unpaired) electrons. The van der Waals surface area contributed by atoms with Crippen LogP contribution < -0.4 is 5.32 Å². The molecule has 1 heterocycles. The number of nitrogens with zero attached hydrogens (tertiary/aromatic N) is 1. The van der Waals surface area contributed by atoms with Crippen LogP contribution in [-0.4, -0.2) is 40.7 Å². The number of pyridine rings is 1. The van der Waals surface area contributed by atoms with E-state index < -0.39 is 0 Å². The largest absolute Gasteiger partial charge is 0.396 e. The zero-order valence-corrected chi connectivity index (χ0v) is 12.0. The van der Waals surface area contributed by atoms with E-state index in [1.165, 1.54) is 0 Å². The minimum absolute atomic E-state index is 0.0346. The number of amides is 1. The van der Waals surface area contributed by atoms with Gasteiger partial charge in [-0.05, 0) is 31.7 Å². The van der Waals surface area contributed by atoms with Crippen molar-refractivity contribution in [1.29, 1.82) is 0 Å². The summed E-state index contributed by atoms with van der Waals surface area (Å²) in [7, 11) is 0. The first-order valence-corrected chi connectivity index (χ1v) is 7.39. The molecule has 0 bridgehead atoms. The minimum atomic E-state index is -0.177. The number of thioether (sulfide) groups is 1. The summed E-state index contributed by atoms with van der Waals surface area (Å²) in [5.41, 5.74) is 1.12. The molecular weight excluding hydrogens is 272 g/mol. The van der Waals surface area contributed by atoms with E-state index in [9.17, 15) is 4.79 Å². The second-order valence-electron chi connectivity index (χ2n) is 3.90. The SMILES string of the molecule is CSCC(CCO)NC(=O)c1ccc(Cl)nc1C. The lowest BCUT2D eigenvalue weighted by molar-refractivity contribution is 0.0934. The van der Waals surface area contributed by atoms with Gasteiger partial charge >= 0.3 is 0 Å². The topological polar surface area (TPSA) is 62.2 Å². The van der Waals surface area contributed by atoms with Crippen molar-refractivity contribution in [3.05, 3.63) is 28.5 Å². The van der Waals surface area contributed by atoms with Crippen LogP contribution in [0.2, 0.25) is 5.15 Å². The van der Waals surface area contributed by atoms with Gasteiger partial charge in [0.15, 0.2) is 0 Å². The standard InChI is InChI=1S/C12H17ClN2O2S/c1-8-10(3-4-11(13)14-8)12(17)15-9(5-6-16)7-18-2/h3-4,9,16H,5-7H2,1-2H3,(H,15,17). The fourth-order valence-electron chi connectivity index (χ4n) is 1.59. The van der Waals surface area contributed by atoms with Crippen LogP contribution in [0.25, 0.3) is 0 Å². The highest BCUT2D eigenvalue weighted by molar-refractivity contribution is 7.98. The van der Waals surface area contributed by atoms with Gasteiger partial charge in [-0.25, -0.2) is 4.98 Å². The van der Waals surface area contributed by atoms with E-state index in [-0.39, 0.29) is 18.6 Å². The number of carbonyl (C=O) groups is 1. The predicted octanol–water partition coefficient (Wildman–Crippen LogP) is 1.89. The van der Waals surface area contributed by atoms with E-state index in [0.29, 0.717) is 22.8 Å². The first-order valence-electron chi connectivity index (χ1n) is 5.62. The van der Waals surface area contributed by atoms with Gasteiger partial charge < -0.3 is 10.4 Å². The molecule has 4 nitrogen and oxygen atoms in total. The molecule has 0 fully saturated rings. The highest BCUT2D eigenvalue weighted by Crippen LogP contribution is 2.11. The lowest BCUT2D eigenvalue weighted by Crippen LogP contribution is -2.37. The van der Waals surface area contributed by atoms with Crippen molar-refractivity contribution in [3.8, 4) is 0 Å². The Labute approximate surface area is 116 Å². The van der Waals surface area contributed by atoms with Crippen LogP contribution in [0.1, 0.15) is 22.5 Å². The molecule has 1 atom stereocenters. The highest BCUT2D eigenvalue weighted by atomic mass is 35.5. The molecule has 6 heteroatoms. The summed E-state index contributed by atoms with van der Waals surface area (Å²) in [5.74, 6) is 0.594. The molecule has 0 aliphatic rings. The van der Waals surface area contributed by atoms with Crippen LogP contribution in [0.15, 0.2) is 12.1 Å². The van der Waals surface area contributed by atoms with E-state index in [1.807, 2.05) is 6.26 Å². The van der Waals surface area contributed by atoms with Gasteiger partial charge in [0.1, 0.15) is 5.15 Å². The Hall–Kier alpha value is -0.780. The number of halogens is 1. The molecule has 2 N–H and O–H groups in total. The van der Waals surface area contributed by atoms with E-state index >= 15 is 0 Å². The Morgan fingerprint density at radius 3 is 2.89 bits per heavy atom. The van der Waals surface area contributed by atoms with Crippen molar-refractivity contribution in [2.45, 2.75) is 19.4 Å². The summed E-state index contributed by atoms with van der Waals surface area (Å²) < 4.78 is 0. The van der Waals surface area contributed by atoms with Gasteiger partial charge in [0.05, 0.1) is 11.3 Å². The zero-order valence-electron chi connectivity index (χ0n) is 10.4. The van der Waals surface area contributed by atoms with Crippen molar-refractivity contribution in [2.24, 2.45) is 0 Å². The normalized spacial score (nSPS) is 12.2. The summed E-state index contributed by atoms with van der Waals surface area (Å²) in [5, 5.41) is 12.2. The molecule has 100 valence electrons. The molecule has 1 unspecified atom stereocenters. The Balaban J connectivity index is 2.73. The number of aryl methyl sites for hydroxylation is 1. The predicted molar refractivity (Wildman–Crippen MR) is 75.3 cm³/mol. The van der Waals surface area contributed by atoms with Crippen LogP contribution in [0.3, 0.4) is 0 Å². The monoisotopic (exact) mass is 288 g/mol. The summed E-state index contributed by atoms with van der Waals surface area (Å²) in [6.45, 7) is 1.81. The van der Waals surface area contributed by atoms with E-state index in [0.717, 1.165) is 5.75 Å². The van der Waals surface area contributed by atoms with Gasteiger partial charge in [0, 0.05) is 18.4 Å². The third-order valence-corrected chi connectivity index (χ3v) is 3.42. The molecular formula is C12H17ClN2O2S. The fraction of sp³-hybridized carbons (Fsp3) is 0.500. The molecule has 0 saturated carbocycles. The molecule has 0 spiro atoms. The Kier molecular flexibility index (Phi) is 6.46. The highest BCUT2D eigenvalue weighted by Gasteiger charge is 2.15. The molecule has 0 aliphatic carbocycles. The summed E-state index contributed by atoms with van der Waals surface area (Å²) >= 11 is 7.38. The summed E-state index contributed by atoms with van der Waals surface area (Å²) in [6, 6.07) is 3.22. The molecule has 1 rings (SSSR count). The Morgan fingerprint density at radius 1 is 1.61 bits per heavy atom. The fourth-order valence-corrected chi connectivity index (χ4v) is 2.43. The van der Waals surface area contributed by atoms with Gasteiger partial charge in [0.25, 0.3) is 5.91 Å². The number of aliphatic hydroxyl groups is 1. The van der Waals surface area contributed by atoms with Crippen molar-refractivity contribution in [2.75, 3.05) is 18.6 Å². The molecule has 0 aromatic carbocycles. The van der Waals surface area contributed by atoms with Crippen molar-refractivity contribution < 1.29 is 9.90 Å². The smallest absolute Gasteiger partial charge is 0.253 e. The number of aromatic nitrogens is 1. The molecule has 1 aromatic heterocycles. The van der Waals surface area contributed by atoms with Gasteiger partial charge in [0.2, 0.25) is 0 Å².